The Bertz CT molecular complexity index is 1760. The fourth-order valence-electron chi connectivity index (χ4n) is 4.75. The average Bonchev–Trinajstić information content (AvgIpc) is 3.33. The lowest BCUT2D eigenvalue weighted by Gasteiger charge is -2.25. The van der Waals surface area contributed by atoms with Crippen LogP contribution in [-0.2, 0) is 19.1 Å². The summed E-state index contributed by atoms with van der Waals surface area (Å²) in [6.07, 6.45) is 2.63. The summed E-state index contributed by atoms with van der Waals surface area (Å²) in [7, 11) is 1.27. The highest BCUT2D eigenvalue weighted by Gasteiger charge is 2.34. The number of rotatable bonds is 14. The number of benzene rings is 2. The van der Waals surface area contributed by atoms with E-state index in [4.69, 9.17) is 23.7 Å². The molecule has 1 aliphatic rings. The lowest BCUT2D eigenvalue weighted by Crippen LogP contribution is -2.40. The summed E-state index contributed by atoms with van der Waals surface area (Å²) >= 11 is 1.22. The van der Waals surface area contributed by atoms with Crippen LogP contribution in [0.15, 0.2) is 57.5 Å². The standard InChI is InChI=1S/C33H38N2O9S/c1-7-15-43-23-13-11-21(16-25(23)40-8-2)17-27-31(37)35-30(29(32(38)42-10-4)20(5)34-33(35)45-27)22-12-14-24(26(18-22)41-9-3)44-19-28(36)39-6/h11-14,16-18,30H,7-10,15,19H2,1-6H3/b27-17-/t30-/m1/s1. The highest BCUT2D eigenvalue weighted by atomic mass is 32.1. The van der Waals surface area contributed by atoms with Crippen molar-refractivity contribution in [2.75, 3.05) is 40.1 Å². The number of methoxy groups -OCH3 is 1. The molecular weight excluding hydrogens is 600 g/mol. The van der Waals surface area contributed by atoms with Gasteiger partial charge in [0.15, 0.2) is 34.4 Å². The summed E-state index contributed by atoms with van der Waals surface area (Å²) in [5, 5.41) is 0. The van der Waals surface area contributed by atoms with Crippen molar-refractivity contribution in [2.24, 2.45) is 4.99 Å². The fourth-order valence-corrected chi connectivity index (χ4v) is 5.80. The van der Waals surface area contributed by atoms with Crippen molar-refractivity contribution in [1.29, 1.82) is 0 Å². The molecule has 0 radical (unpaired) electrons. The highest BCUT2D eigenvalue weighted by molar-refractivity contribution is 7.07. The molecule has 240 valence electrons. The van der Waals surface area contributed by atoms with Gasteiger partial charge in [0.05, 0.1) is 55.4 Å². The Kier molecular flexibility index (Phi) is 11.4. The first-order chi connectivity index (χ1) is 21.8. The van der Waals surface area contributed by atoms with Gasteiger partial charge in [0.2, 0.25) is 0 Å². The predicted molar refractivity (Wildman–Crippen MR) is 169 cm³/mol. The number of fused-ring (bicyclic) bond motifs is 1. The Morgan fingerprint density at radius 2 is 1.60 bits per heavy atom. The van der Waals surface area contributed by atoms with Crippen LogP contribution in [0.4, 0.5) is 0 Å². The van der Waals surface area contributed by atoms with Gasteiger partial charge in [0.1, 0.15) is 0 Å². The van der Waals surface area contributed by atoms with Gasteiger partial charge in [-0.25, -0.2) is 14.6 Å². The van der Waals surface area contributed by atoms with Crippen LogP contribution in [0.2, 0.25) is 0 Å². The van der Waals surface area contributed by atoms with Gasteiger partial charge in [-0.3, -0.25) is 9.36 Å². The van der Waals surface area contributed by atoms with E-state index in [2.05, 4.69) is 9.73 Å². The van der Waals surface area contributed by atoms with Gasteiger partial charge in [-0.1, -0.05) is 30.4 Å². The SMILES string of the molecule is CCCOc1ccc(/C=c2\sc3n(c2=O)[C@H](c2ccc(OCC(=O)OC)c(OCC)c2)C(C(=O)OCC)=C(C)N=3)cc1OCC. The normalized spacial score (nSPS) is 14.4. The number of hydrogen-bond acceptors (Lipinski definition) is 11. The van der Waals surface area contributed by atoms with E-state index in [1.807, 2.05) is 39.0 Å². The van der Waals surface area contributed by atoms with Crippen LogP contribution >= 0.6 is 11.3 Å². The quantitative estimate of drug-likeness (QED) is 0.242. The Hall–Kier alpha value is -4.58. The third-order valence-electron chi connectivity index (χ3n) is 6.70. The smallest absolute Gasteiger partial charge is 0.343 e. The molecule has 2 heterocycles. The monoisotopic (exact) mass is 638 g/mol. The molecule has 0 fully saturated rings. The Morgan fingerprint density at radius 1 is 0.911 bits per heavy atom. The van der Waals surface area contributed by atoms with E-state index in [0.29, 0.717) is 63.4 Å². The molecule has 0 bridgehead atoms. The molecule has 1 aliphatic heterocycles. The van der Waals surface area contributed by atoms with Crippen molar-refractivity contribution in [3.8, 4) is 23.0 Å². The van der Waals surface area contributed by atoms with Crippen molar-refractivity contribution in [1.82, 2.24) is 4.57 Å². The Morgan fingerprint density at radius 3 is 2.27 bits per heavy atom. The summed E-state index contributed by atoms with van der Waals surface area (Å²) in [4.78, 5) is 44.2. The molecule has 2 aromatic carbocycles. The summed E-state index contributed by atoms with van der Waals surface area (Å²) in [6.45, 7) is 10.3. The second-order valence-electron chi connectivity index (χ2n) is 9.79. The van der Waals surface area contributed by atoms with Gasteiger partial charge in [-0.15, -0.1) is 0 Å². The number of allylic oxidation sites excluding steroid dienone is 1. The van der Waals surface area contributed by atoms with Crippen LogP contribution in [0, 0.1) is 0 Å². The van der Waals surface area contributed by atoms with E-state index in [1.165, 1.54) is 23.0 Å². The fraction of sp³-hybridized carbons (Fsp3) is 0.394. The lowest BCUT2D eigenvalue weighted by atomic mass is 9.95. The zero-order chi connectivity index (χ0) is 32.5. The molecule has 12 heteroatoms. The number of carbonyl (C=O) groups is 2. The van der Waals surface area contributed by atoms with Gasteiger partial charge in [0, 0.05) is 0 Å². The molecule has 0 aliphatic carbocycles. The van der Waals surface area contributed by atoms with Gasteiger partial charge < -0.3 is 28.4 Å². The van der Waals surface area contributed by atoms with Crippen molar-refractivity contribution in [3.63, 3.8) is 0 Å². The molecule has 0 amide bonds. The largest absolute Gasteiger partial charge is 0.490 e. The maximum atomic E-state index is 14.1. The Labute approximate surface area is 265 Å². The minimum atomic E-state index is -0.861. The molecule has 0 saturated carbocycles. The topological polar surface area (TPSA) is 124 Å². The van der Waals surface area contributed by atoms with E-state index < -0.39 is 18.0 Å². The molecule has 0 saturated heterocycles. The number of hydrogen-bond donors (Lipinski definition) is 0. The third kappa shape index (κ3) is 7.56. The molecule has 45 heavy (non-hydrogen) atoms. The molecule has 1 atom stereocenters. The summed E-state index contributed by atoms with van der Waals surface area (Å²) in [5.41, 5.74) is 1.66. The van der Waals surface area contributed by atoms with Gasteiger partial charge in [0.25, 0.3) is 5.56 Å². The maximum Gasteiger partial charge on any atom is 0.343 e. The van der Waals surface area contributed by atoms with E-state index in [9.17, 15) is 14.4 Å². The lowest BCUT2D eigenvalue weighted by molar-refractivity contribution is -0.143. The summed E-state index contributed by atoms with van der Waals surface area (Å²) in [6, 6.07) is 9.71. The molecule has 11 nitrogen and oxygen atoms in total. The maximum absolute atomic E-state index is 14.1. The molecule has 0 N–H and O–H groups in total. The van der Waals surface area contributed by atoms with E-state index in [1.54, 1.807) is 38.1 Å². The van der Waals surface area contributed by atoms with Crippen LogP contribution < -0.4 is 33.8 Å². The van der Waals surface area contributed by atoms with E-state index in [0.717, 1.165) is 12.0 Å². The minimum absolute atomic E-state index is 0.150. The average molecular weight is 639 g/mol. The number of carbonyl (C=O) groups excluding carboxylic acids is 2. The van der Waals surface area contributed by atoms with Crippen molar-refractivity contribution < 1.29 is 38.0 Å². The number of aromatic nitrogens is 1. The number of ether oxygens (including phenoxy) is 6. The molecule has 4 rings (SSSR count). The number of thiazole rings is 1. The van der Waals surface area contributed by atoms with Crippen LogP contribution in [0.1, 0.15) is 58.2 Å². The molecule has 3 aromatic rings. The zero-order valence-electron chi connectivity index (χ0n) is 26.3. The van der Waals surface area contributed by atoms with Crippen LogP contribution in [0.5, 0.6) is 23.0 Å². The number of nitrogens with zero attached hydrogens (tertiary/aromatic N) is 2. The van der Waals surface area contributed by atoms with Gasteiger partial charge in [-0.05, 0) is 75.6 Å². The zero-order valence-corrected chi connectivity index (χ0v) is 27.2. The summed E-state index contributed by atoms with van der Waals surface area (Å²) in [5.74, 6) is 0.750. The first-order valence-electron chi connectivity index (χ1n) is 14.8. The highest BCUT2D eigenvalue weighted by Crippen LogP contribution is 2.36. The van der Waals surface area contributed by atoms with Crippen molar-refractivity contribution in [2.45, 2.75) is 47.1 Å². The summed E-state index contributed by atoms with van der Waals surface area (Å²) < 4.78 is 35.1. The van der Waals surface area contributed by atoms with E-state index >= 15 is 0 Å². The van der Waals surface area contributed by atoms with Crippen LogP contribution in [0.3, 0.4) is 0 Å². The van der Waals surface area contributed by atoms with Crippen molar-refractivity contribution >= 4 is 29.4 Å². The first kappa shape index (κ1) is 33.3. The van der Waals surface area contributed by atoms with Gasteiger partial charge in [-0.2, -0.15) is 0 Å². The van der Waals surface area contributed by atoms with Crippen molar-refractivity contribution in [3.05, 3.63) is 78.5 Å². The first-order valence-corrected chi connectivity index (χ1v) is 15.6. The van der Waals surface area contributed by atoms with Gasteiger partial charge >= 0.3 is 11.9 Å². The minimum Gasteiger partial charge on any atom is -0.490 e. The number of esters is 2. The second kappa shape index (κ2) is 15.4. The molecule has 1 aromatic heterocycles. The van der Waals surface area contributed by atoms with Crippen LogP contribution in [0.25, 0.3) is 6.08 Å². The third-order valence-corrected chi connectivity index (χ3v) is 7.68. The predicted octanol–water partition coefficient (Wildman–Crippen LogP) is 3.94. The molecule has 0 spiro atoms. The van der Waals surface area contributed by atoms with E-state index in [-0.39, 0.29) is 24.3 Å². The Balaban J connectivity index is 1.86. The van der Waals surface area contributed by atoms with Crippen LogP contribution in [-0.4, -0.2) is 56.6 Å². The molecular formula is C33H38N2O9S. The second-order valence-corrected chi connectivity index (χ2v) is 10.8. The molecule has 0 unspecified atom stereocenters.